The van der Waals surface area contributed by atoms with Crippen molar-refractivity contribution in [2.24, 2.45) is 17.8 Å². The summed E-state index contributed by atoms with van der Waals surface area (Å²) in [4.78, 5) is 64.3. The second-order valence-electron chi connectivity index (χ2n) is 11.0. The highest BCUT2D eigenvalue weighted by Gasteiger charge is 2.32. The van der Waals surface area contributed by atoms with Crippen LogP contribution in [0, 0.1) is 30.5 Å². The van der Waals surface area contributed by atoms with E-state index in [0.717, 1.165) is 0 Å². The summed E-state index contributed by atoms with van der Waals surface area (Å²) in [6.07, 6.45) is 3.38. The predicted molar refractivity (Wildman–Crippen MR) is 154 cm³/mol. The highest BCUT2D eigenvalue weighted by molar-refractivity contribution is 5.97. The number of hydrogen-bond donors (Lipinski definition) is 3. The van der Waals surface area contributed by atoms with Gasteiger partial charge in [-0.15, -0.1) is 0 Å². The second-order valence-corrected chi connectivity index (χ2v) is 11.0. The smallest absolute Gasteiger partial charge is 0.330 e. The lowest BCUT2D eigenvalue weighted by molar-refractivity contribution is -0.137. The largest absolute Gasteiger partial charge is 0.463 e. The molecule has 0 radical (unpaired) electrons. The van der Waals surface area contributed by atoms with Crippen molar-refractivity contribution in [1.29, 1.82) is 0 Å². The van der Waals surface area contributed by atoms with Crippen molar-refractivity contribution in [3.05, 3.63) is 65.3 Å². The molecule has 1 aromatic heterocycles. The molecule has 43 heavy (non-hydrogen) atoms. The number of aryl methyl sites for hydroxylation is 1. The van der Waals surface area contributed by atoms with Crippen molar-refractivity contribution in [3.63, 3.8) is 0 Å². The van der Waals surface area contributed by atoms with Crippen LogP contribution in [-0.2, 0) is 30.3 Å². The number of rotatable bonds is 15. The SMILES string of the molecule is CCOC(=O)C=C[C@H](C[C@@H]1CCNC1=O)NC(=O)[C@@H](CC(=O)[C@@H](NC(=O)c1cc(C)on1)C(C)C)Cc1ccc(F)cc1. The van der Waals surface area contributed by atoms with Crippen LogP contribution in [0.25, 0.3) is 0 Å². The number of Topliss-reactive ketones (excluding diaryl/α,β-unsaturated/α-hetero) is 1. The topological polar surface area (TPSA) is 157 Å². The minimum atomic E-state index is -0.922. The van der Waals surface area contributed by atoms with Crippen LogP contribution < -0.4 is 16.0 Å². The summed E-state index contributed by atoms with van der Waals surface area (Å²) < 4.78 is 23.5. The first-order valence-electron chi connectivity index (χ1n) is 14.4. The van der Waals surface area contributed by atoms with Crippen molar-refractivity contribution >= 4 is 29.5 Å². The highest BCUT2D eigenvalue weighted by atomic mass is 19.1. The molecule has 3 amide bonds. The van der Waals surface area contributed by atoms with Crippen molar-refractivity contribution in [3.8, 4) is 0 Å². The summed E-state index contributed by atoms with van der Waals surface area (Å²) in [6.45, 7) is 7.55. The first kappa shape index (κ1) is 33.2. The van der Waals surface area contributed by atoms with Gasteiger partial charge in [-0.25, -0.2) is 9.18 Å². The molecule has 1 aliphatic rings. The van der Waals surface area contributed by atoms with Crippen LogP contribution in [-0.4, -0.2) is 59.9 Å². The van der Waals surface area contributed by atoms with Gasteiger partial charge in [0, 0.05) is 43.0 Å². The Morgan fingerprint density at radius 1 is 1.19 bits per heavy atom. The molecule has 2 heterocycles. The first-order chi connectivity index (χ1) is 20.5. The normalized spacial score (nSPS) is 16.9. The third-order valence-electron chi connectivity index (χ3n) is 7.15. The molecule has 0 spiro atoms. The fraction of sp³-hybridized carbons (Fsp3) is 0.484. The zero-order chi connectivity index (χ0) is 31.5. The van der Waals surface area contributed by atoms with Gasteiger partial charge in [-0.2, -0.15) is 0 Å². The van der Waals surface area contributed by atoms with E-state index in [2.05, 4.69) is 21.1 Å². The Morgan fingerprint density at radius 3 is 2.49 bits per heavy atom. The molecule has 3 rings (SSSR count). The molecule has 3 N–H and O–H groups in total. The van der Waals surface area contributed by atoms with Crippen LogP contribution in [0.15, 0.2) is 47.0 Å². The number of ether oxygens (including phenoxy) is 1. The molecule has 11 nitrogen and oxygen atoms in total. The number of hydrogen-bond acceptors (Lipinski definition) is 8. The quantitative estimate of drug-likeness (QED) is 0.209. The van der Waals surface area contributed by atoms with E-state index in [4.69, 9.17) is 9.26 Å². The second kappa shape index (κ2) is 15.8. The van der Waals surface area contributed by atoms with E-state index in [1.165, 1.54) is 42.5 Å². The molecule has 232 valence electrons. The first-order valence-corrected chi connectivity index (χ1v) is 14.4. The molecule has 0 saturated carbocycles. The van der Waals surface area contributed by atoms with Crippen LogP contribution in [0.1, 0.15) is 61.8 Å². The number of carbonyl (C=O) groups is 5. The number of amides is 3. The molecule has 1 aromatic carbocycles. The van der Waals surface area contributed by atoms with Gasteiger partial charge in [0.05, 0.1) is 12.6 Å². The summed E-state index contributed by atoms with van der Waals surface area (Å²) >= 11 is 0. The molecule has 0 bridgehead atoms. The Kier molecular flexibility index (Phi) is 12.2. The predicted octanol–water partition coefficient (Wildman–Crippen LogP) is 2.82. The summed E-state index contributed by atoms with van der Waals surface area (Å²) in [5.41, 5.74) is 0.662. The van der Waals surface area contributed by atoms with Gasteiger partial charge in [-0.05, 0) is 56.7 Å². The van der Waals surface area contributed by atoms with Crippen LogP contribution in [0.2, 0.25) is 0 Å². The van der Waals surface area contributed by atoms with Crippen LogP contribution in [0.5, 0.6) is 0 Å². The average Bonchev–Trinajstić information content (AvgIpc) is 3.58. The minimum absolute atomic E-state index is 0.0312. The van der Waals surface area contributed by atoms with Crippen molar-refractivity contribution in [2.45, 2.75) is 65.5 Å². The summed E-state index contributed by atoms with van der Waals surface area (Å²) in [7, 11) is 0. The Morgan fingerprint density at radius 2 is 1.91 bits per heavy atom. The van der Waals surface area contributed by atoms with E-state index in [9.17, 15) is 28.4 Å². The zero-order valence-electron chi connectivity index (χ0n) is 24.9. The summed E-state index contributed by atoms with van der Waals surface area (Å²) in [6, 6.07) is 5.45. The van der Waals surface area contributed by atoms with Gasteiger partial charge in [0.15, 0.2) is 11.5 Å². The highest BCUT2D eigenvalue weighted by Crippen LogP contribution is 2.21. The Labute approximate surface area is 250 Å². The fourth-order valence-corrected chi connectivity index (χ4v) is 4.89. The Bertz CT molecular complexity index is 1320. The molecular weight excluding hydrogens is 559 g/mol. The number of nitrogens with one attached hydrogen (secondary N) is 3. The van der Waals surface area contributed by atoms with E-state index in [-0.39, 0.29) is 55.1 Å². The number of benzene rings is 1. The maximum absolute atomic E-state index is 13.7. The molecule has 1 aliphatic heterocycles. The van der Waals surface area contributed by atoms with E-state index < -0.39 is 41.6 Å². The van der Waals surface area contributed by atoms with Crippen molar-refractivity contribution in [2.75, 3.05) is 13.2 Å². The zero-order valence-corrected chi connectivity index (χ0v) is 24.9. The molecule has 4 atom stereocenters. The van der Waals surface area contributed by atoms with E-state index in [1.54, 1.807) is 27.7 Å². The molecule has 2 aromatic rings. The van der Waals surface area contributed by atoms with Crippen LogP contribution >= 0.6 is 0 Å². The number of halogens is 1. The van der Waals surface area contributed by atoms with Gasteiger partial charge in [0.2, 0.25) is 11.8 Å². The van der Waals surface area contributed by atoms with Gasteiger partial charge in [-0.3, -0.25) is 19.2 Å². The maximum atomic E-state index is 13.7. The number of nitrogens with zero attached hydrogens (tertiary/aromatic N) is 1. The number of ketones is 1. The van der Waals surface area contributed by atoms with Gasteiger partial charge in [-0.1, -0.05) is 37.2 Å². The van der Waals surface area contributed by atoms with E-state index in [0.29, 0.717) is 24.3 Å². The van der Waals surface area contributed by atoms with Gasteiger partial charge < -0.3 is 25.2 Å². The minimum Gasteiger partial charge on any atom is -0.463 e. The average molecular weight is 599 g/mol. The fourth-order valence-electron chi connectivity index (χ4n) is 4.89. The lowest BCUT2D eigenvalue weighted by Gasteiger charge is -2.25. The third kappa shape index (κ3) is 10.2. The van der Waals surface area contributed by atoms with Crippen molar-refractivity contribution in [1.82, 2.24) is 21.1 Å². The number of aromatic nitrogens is 1. The maximum Gasteiger partial charge on any atom is 0.330 e. The molecule has 12 heteroatoms. The molecular formula is C31H39FN4O7. The molecule has 0 unspecified atom stereocenters. The van der Waals surface area contributed by atoms with Crippen LogP contribution in [0.3, 0.4) is 0 Å². The summed E-state index contributed by atoms with van der Waals surface area (Å²) in [5, 5.41) is 12.1. The monoisotopic (exact) mass is 598 g/mol. The Balaban J connectivity index is 1.82. The number of esters is 1. The Hall–Kier alpha value is -4.35. The molecule has 1 saturated heterocycles. The van der Waals surface area contributed by atoms with Crippen LogP contribution in [0.4, 0.5) is 4.39 Å². The van der Waals surface area contributed by atoms with E-state index >= 15 is 0 Å². The lowest BCUT2D eigenvalue weighted by Crippen LogP contribution is -2.47. The molecule has 1 fully saturated rings. The van der Waals surface area contributed by atoms with Gasteiger partial charge in [0.1, 0.15) is 11.6 Å². The number of carbonyl (C=O) groups excluding carboxylic acids is 5. The molecule has 0 aliphatic carbocycles. The van der Waals surface area contributed by atoms with Crippen molar-refractivity contribution < 1.29 is 37.6 Å². The standard InChI is InChI=1S/C31H39FN4O7/c1-5-42-27(38)11-10-24(16-21-12-13-33-29(21)39)34-30(40)22(15-20-6-8-23(32)9-7-20)17-26(37)28(18(2)3)35-31(41)25-14-19(4)43-36-25/h6-11,14,18,21-22,24,28H,5,12-13,15-17H2,1-4H3,(H,33,39)(H,34,40)(H,35,41)/t21-,22+,24+,28-/m0/s1. The van der Waals surface area contributed by atoms with Gasteiger partial charge >= 0.3 is 5.97 Å². The van der Waals surface area contributed by atoms with Gasteiger partial charge in [0.25, 0.3) is 5.91 Å². The summed E-state index contributed by atoms with van der Waals surface area (Å²) in [5.74, 6) is -3.75. The van der Waals surface area contributed by atoms with E-state index in [1.807, 2.05) is 0 Å². The third-order valence-corrected chi connectivity index (χ3v) is 7.15. The lowest BCUT2D eigenvalue weighted by atomic mass is 9.87.